The van der Waals surface area contributed by atoms with Gasteiger partial charge in [-0.25, -0.2) is 0 Å². The molecule has 5 heteroatoms. The van der Waals surface area contributed by atoms with Crippen molar-refractivity contribution in [2.75, 3.05) is 5.32 Å². The Labute approximate surface area is 128 Å². The molecule has 1 aromatic carbocycles. The second-order valence-corrected chi connectivity index (χ2v) is 5.47. The summed E-state index contributed by atoms with van der Waals surface area (Å²) in [6, 6.07) is 7.86. The quantitative estimate of drug-likeness (QED) is 0.802. The topological polar surface area (TPSA) is 60.1 Å². The van der Waals surface area contributed by atoms with Crippen molar-refractivity contribution in [1.82, 2.24) is 9.78 Å². The van der Waals surface area contributed by atoms with Crippen LogP contribution < -0.4 is 5.32 Å². The van der Waals surface area contributed by atoms with Gasteiger partial charge in [0.15, 0.2) is 5.82 Å². The number of benzene rings is 1. The van der Waals surface area contributed by atoms with Crippen LogP contribution in [0.4, 0.5) is 5.82 Å². The Morgan fingerprint density at radius 3 is 2.86 bits per heavy atom. The molecule has 0 unspecified atom stereocenters. The molecule has 0 spiro atoms. The van der Waals surface area contributed by atoms with Crippen LogP contribution >= 0.6 is 0 Å². The van der Waals surface area contributed by atoms with E-state index in [2.05, 4.69) is 10.4 Å². The third kappa shape index (κ3) is 2.74. The van der Waals surface area contributed by atoms with Gasteiger partial charge < -0.3 is 9.73 Å². The maximum Gasteiger partial charge on any atom is 0.230 e. The predicted octanol–water partition coefficient (Wildman–Crippen LogP) is 3.45. The third-order valence-electron chi connectivity index (χ3n) is 3.71. The molecule has 0 atom stereocenters. The summed E-state index contributed by atoms with van der Waals surface area (Å²) in [6.45, 7) is 6.79. The number of anilines is 1. The molecule has 2 heterocycles. The minimum atomic E-state index is -0.0935. The maximum atomic E-state index is 12.2. The zero-order chi connectivity index (χ0) is 15.7. The molecule has 0 fully saturated rings. The lowest BCUT2D eigenvalue weighted by Gasteiger charge is -2.01. The smallest absolute Gasteiger partial charge is 0.230 e. The van der Waals surface area contributed by atoms with Crippen molar-refractivity contribution < 1.29 is 9.21 Å². The van der Waals surface area contributed by atoms with Crippen LogP contribution in [-0.4, -0.2) is 15.7 Å². The van der Waals surface area contributed by atoms with Crippen molar-refractivity contribution in [2.45, 2.75) is 33.7 Å². The summed E-state index contributed by atoms with van der Waals surface area (Å²) in [5, 5.41) is 8.15. The summed E-state index contributed by atoms with van der Waals surface area (Å²) in [7, 11) is 0. The summed E-state index contributed by atoms with van der Waals surface area (Å²) in [5.74, 6) is 0.497. The van der Waals surface area contributed by atoms with Crippen molar-refractivity contribution in [2.24, 2.45) is 0 Å². The Bertz CT molecular complexity index is 830. The average Bonchev–Trinajstić information content (AvgIpc) is 3.02. The fourth-order valence-electron chi connectivity index (χ4n) is 2.58. The van der Waals surface area contributed by atoms with Crippen molar-refractivity contribution in [3.05, 3.63) is 47.3 Å². The van der Waals surface area contributed by atoms with E-state index in [9.17, 15) is 4.79 Å². The fourth-order valence-corrected chi connectivity index (χ4v) is 2.58. The van der Waals surface area contributed by atoms with Gasteiger partial charge in [0, 0.05) is 29.3 Å². The van der Waals surface area contributed by atoms with Gasteiger partial charge in [-0.2, -0.15) is 5.10 Å². The number of carbonyl (C=O) groups is 1. The van der Waals surface area contributed by atoms with Crippen LogP contribution in [-0.2, 0) is 17.8 Å². The molecule has 1 N–H and O–H groups in total. The number of nitrogens with one attached hydrogen (secondary N) is 1. The normalized spacial score (nSPS) is 11.0. The summed E-state index contributed by atoms with van der Waals surface area (Å²) in [6.07, 6.45) is 1.92. The van der Waals surface area contributed by atoms with E-state index in [0.29, 0.717) is 5.82 Å². The molecule has 0 radical (unpaired) electrons. The number of hydrogen-bond acceptors (Lipinski definition) is 3. The molecule has 0 saturated carbocycles. The number of rotatable bonds is 4. The summed E-state index contributed by atoms with van der Waals surface area (Å²) >= 11 is 0. The Balaban J connectivity index is 1.75. The molecule has 5 nitrogen and oxygen atoms in total. The van der Waals surface area contributed by atoms with Crippen molar-refractivity contribution in [1.29, 1.82) is 0 Å². The molecule has 0 aliphatic rings. The first-order chi connectivity index (χ1) is 10.6. The van der Waals surface area contributed by atoms with Gasteiger partial charge in [0.05, 0.1) is 12.7 Å². The minimum Gasteiger partial charge on any atom is -0.464 e. The first kappa shape index (κ1) is 14.4. The number of hydrogen-bond donors (Lipinski definition) is 1. The summed E-state index contributed by atoms with van der Waals surface area (Å²) in [5.41, 5.74) is 3.87. The van der Waals surface area contributed by atoms with Gasteiger partial charge in [-0.3, -0.25) is 9.48 Å². The number of aromatic nitrogens is 2. The van der Waals surface area contributed by atoms with E-state index in [4.69, 9.17) is 4.42 Å². The van der Waals surface area contributed by atoms with Crippen LogP contribution in [0.15, 0.2) is 34.9 Å². The Hall–Kier alpha value is -2.56. The van der Waals surface area contributed by atoms with Gasteiger partial charge in [-0.05, 0) is 32.4 Å². The minimum absolute atomic E-state index is 0.0935. The van der Waals surface area contributed by atoms with Crippen LogP contribution in [0.1, 0.15) is 23.7 Å². The molecule has 0 saturated heterocycles. The highest BCUT2D eigenvalue weighted by molar-refractivity contribution is 5.94. The third-order valence-corrected chi connectivity index (χ3v) is 3.71. The van der Waals surface area contributed by atoms with E-state index in [0.717, 1.165) is 34.3 Å². The first-order valence-electron chi connectivity index (χ1n) is 7.38. The van der Waals surface area contributed by atoms with Crippen LogP contribution in [0.2, 0.25) is 0 Å². The summed E-state index contributed by atoms with van der Waals surface area (Å²) < 4.78 is 7.37. The number of amides is 1. The van der Waals surface area contributed by atoms with Gasteiger partial charge in [-0.1, -0.05) is 12.1 Å². The zero-order valence-corrected chi connectivity index (χ0v) is 13.0. The van der Waals surface area contributed by atoms with Crippen molar-refractivity contribution in [3.8, 4) is 0 Å². The molecule has 1 amide bonds. The van der Waals surface area contributed by atoms with Crippen molar-refractivity contribution in [3.63, 3.8) is 0 Å². The van der Waals surface area contributed by atoms with E-state index in [1.54, 1.807) is 6.26 Å². The molecule has 0 aliphatic carbocycles. The SMILES string of the molecule is CCn1nc(NC(=O)Cc2coc3cc(C)ccc23)cc1C. The van der Waals surface area contributed by atoms with Gasteiger partial charge in [0.1, 0.15) is 5.58 Å². The molecule has 0 bridgehead atoms. The van der Waals surface area contributed by atoms with Crippen molar-refractivity contribution >= 4 is 22.7 Å². The Kier molecular flexibility index (Phi) is 3.71. The lowest BCUT2D eigenvalue weighted by molar-refractivity contribution is -0.115. The lowest BCUT2D eigenvalue weighted by atomic mass is 10.1. The second-order valence-electron chi connectivity index (χ2n) is 5.47. The van der Waals surface area contributed by atoms with Gasteiger partial charge in [0.2, 0.25) is 5.91 Å². The number of furan rings is 1. The largest absolute Gasteiger partial charge is 0.464 e. The van der Waals surface area contributed by atoms with E-state index in [-0.39, 0.29) is 12.3 Å². The van der Waals surface area contributed by atoms with Crippen LogP contribution in [0.3, 0.4) is 0 Å². The number of fused-ring (bicyclic) bond motifs is 1. The molecule has 2 aromatic heterocycles. The first-order valence-corrected chi connectivity index (χ1v) is 7.38. The second kappa shape index (κ2) is 5.67. The molecule has 0 aliphatic heterocycles. The number of carbonyl (C=O) groups excluding carboxylic acids is 1. The fraction of sp³-hybridized carbons (Fsp3) is 0.294. The molecule has 22 heavy (non-hydrogen) atoms. The van der Waals surface area contributed by atoms with E-state index < -0.39 is 0 Å². The van der Waals surface area contributed by atoms with Gasteiger partial charge in [-0.15, -0.1) is 0 Å². The van der Waals surface area contributed by atoms with Gasteiger partial charge >= 0.3 is 0 Å². The molecule has 3 aromatic rings. The summed E-state index contributed by atoms with van der Waals surface area (Å²) in [4.78, 5) is 12.2. The van der Waals surface area contributed by atoms with E-state index >= 15 is 0 Å². The zero-order valence-electron chi connectivity index (χ0n) is 13.0. The lowest BCUT2D eigenvalue weighted by Crippen LogP contribution is -2.14. The molecule has 3 rings (SSSR count). The Morgan fingerprint density at radius 2 is 2.14 bits per heavy atom. The Morgan fingerprint density at radius 1 is 1.32 bits per heavy atom. The molecule has 114 valence electrons. The standard InChI is InChI=1S/C17H19N3O2/c1-4-20-12(3)8-16(19-20)18-17(21)9-13-10-22-15-7-11(2)5-6-14(13)15/h5-8,10H,4,9H2,1-3H3,(H,18,19,21). The predicted molar refractivity (Wildman–Crippen MR) is 85.9 cm³/mol. The highest BCUT2D eigenvalue weighted by Gasteiger charge is 2.12. The van der Waals surface area contributed by atoms with E-state index in [1.165, 1.54) is 0 Å². The van der Waals surface area contributed by atoms with Crippen LogP contribution in [0.5, 0.6) is 0 Å². The van der Waals surface area contributed by atoms with E-state index in [1.807, 2.05) is 49.7 Å². The van der Waals surface area contributed by atoms with Crippen LogP contribution in [0.25, 0.3) is 11.0 Å². The highest BCUT2D eigenvalue weighted by Crippen LogP contribution is 2.23. The molecular weight excluding hydrogens is 278 g/mol. The number of aryl methyl sites for hydroxylation is 3. The monoisotopic (exact) mass is 297 g/mol. The highest BCUT2D eigenvalue weighted by atomic mass is 16.3. The van der Waals surface area contributed by atoms with Crippen LogP contribution in [0, 0.1) is 13.8 Å². The van der Waals surface area contributed by atoms with Gasteiger partial charge in [0.25, 0.3) is 0 Å². The maximum absolute atomic E-state index is 12.2. The molecular formula is C17H19N3O2. The average molecular weight is 297 g/mol. The number of nitrogens with zero attached hydrogens (tertiary/aromatic N) is 2.